The molecule has 0 radical (unpaired) electrons. The molecule has 0 heterocycles. The van der Waals surface area contributed by atoms with Gasteiger partial charge in [-0.3, -0.25) is 4.79 Å². The van der Waals surface area contributed by atoms with Crippen LogP contribution in [0.3, 0.4) is 0 Å². The van der Waals surface area contributed by atoms with Crippen molar-refractivity contribution in [3.63, 3.8) is 0 Å². The van der Waals surface area contributed by atoms with Crippen molar-refractivity contribution in [2.45, 2.75) is 26.2 Å². The lowest BCUT2D eigenvalue weighted by molar-refractivity contribution is 0.0696. The quantitative estimate of drug-likeness (QED) is 0.437. The lowest BCUT2D eigenvalue weighted by atomic mass is 9.99. The van der Waals surface area contributed by atoms with E-state index in [1.165, 1.54) is 12.1 Å². The molecule has 5 heteroatoms. The molecule has 0 aliphatic carbocycles. The van der Waals surface area contributed by atoms with Gasteiger partial charge in [-0.15, -0.1) is 0 Å². The molecule has 2 aromatic rings. The first kappa shape index (κ1) is 17.5. The highest BCUT2D eigenvalue weighted by molar-refractivity contribution is 6.14. The number of unbranched alkanes of at least 4 members (excludes halogenated alkanes) is 2. The summed E-state index contributed by atoms with van der Waals surface area (Å²) >= 11 is 0. The van der Waals surface area contributed by atoms with Crippen molar-refractivity contribution in [3.8, 4) is 5.75 Å². The van der Waals surface area contributed by atoms with Gasteiger partial charge >= 0.3 is 5.97 Å². The van der Waals surface area contributed by atoms with E-state index in [-0.39, 0.29) is 28.3 Å². The van der Waals surface area contributed by atoms with Crippen LogP contribution in [0.1, 0.15) is 52.5 Å². The second-order valence-electron chi connectivity index (χ2n) is 5.49. The maximum absolute atomic E-state index is 12.8. The Morgan fingerprint density at radius 1 is 1.08 bits per heavy atom. The van der Waals surface area contributed by atoms with Crippen LogP contribution < -0.4 is 10.5 Å². The van der Waals surface area contributed by atoms with Gasteiger partial charge in [-0.1, -0.05) is 50.1 Å². The van der Waals surface area contributed by atoms with Gasteiger partial charge in [-0.05, 0) is 18.6 Å². The summed E-state index contributed by atoms with van der Waals surface area (Å²) in [6.45, 7) is 2.48. The van der Waals surface area contributed by atoms with E-state index in [1.807, 2.05) is 6.07 Å². The van der Waals surface area contributed by atoms with Crippen LogP contribution in [0.25, 0.3) is 0 Å². The van der Waals surface area contributed by atoms with E-state index in [0.717, 1.165) is 19.3 Å². The molecule has 0 atom stereocenters. The first-order valence-corrected chi connectivity index (χ1v) is 7.94. The summed E-state index contributed by atoms with van der Waals surface area (Å²) in [6, 6.07) is 11.4. The molecule has 2 aromatic carbocycles. The molecule has 0 aliphatic rings. The molecule has 0 amide bonds. The number of ketones is 1. The van der Waals surface area contributed by atoms with Crippen molar-refractivity contribution in [1.29, 1.82) is 0 Å². The number of carboxylic acid groups (broad SMARTS) is 1. The average molecular weight is 327 g/mol. The van der Waals surface area contributed by atoms with Crippen molar-refractivity contribution < 1.29 is 19.4 Å². The van der Waals surface area contributed by atoms with Crippen molar-refractivity contribution in [1.82, 2.24) is 0 Å². The fourth-order valence-electron chi connectivity index (χ4n) is 2.39. The van der Waals surface area contributed by atoms with E-state index < -0.39 is 5.97 Å². The van der Waals surface area contributed by atoms with Crippen LogP contribution >= 0.6 is 0 Å². The van der Waals surface area contributed by atoms with Gasteiger partial charge < -0.3 is 15.6 Å². The van der Waals surface area contributed by atoms with E-state index in [4.69, 9.17) is 10.5 Å². The Balaban J connectivity index is 2.40. The zero-order valence-corrected chi connectivity index (χ0v) is 13.6. The molecule has 0 bridgehead atoms. The van der Waals surface area contributed by atoms with E-state index in [1.54, 1.807) is 24.3 Å². The lowest BCUT2D eigenvalue weighted by Crippen LogP contribution is -2.11. The Labute approximate surface area is 141 Å². The van der Waals surface area contributed by atoms with Crippen molar-refractivity contribution in [3.05, 3.63) is 59.2 Å². The number of carboxylic acids is 1. The molecule has 0 saturated carbocycles. The number of anilines is 1. The predicted molar refractivity (Wildman–Crippen MR) is 92.7 cm³/mol. The highest BCUT2D eigenvalue weighted by atomic mass is 16.5. The van der Waals surface area contributed by atoms with Crippen LogP contribution in [0.15, 0.2) is 42.5 Å². The number of carbonyl (C=O) groups is 2. The number of benzene rings is 2. The third kappa shape index (κ3) is 4.13. The topological polar surface area (TPSA) is 89.6 Å². The van der Waals surface area contributed by atoms with Gasteiger partial charge in [0.05, 0.1) is 17.7 Å². The summed E-state index contributed by atoms with van der Waals surface area (Å²) in [6.07, 6.45) is 2.86. The van der Waals surface area contributed by atoms with Gasteiger partial charge in [0, 0.05) is 11.3 Å². The van der Waals surface area contributed by atoms with Gasteiger partial charge in [-0.25, -0.2) is 4.79 Å². The van der Waals surface area contributed by atoms with Crippen LogP contribution in [0.5, 0.6) is 5.75 Å². The highest BCUT2D eigenvalue weighted by Crippen LogP contribution is 2.30. The first-order valence-electron chi connectivity index (χ1n) is 7.94. The Bertz CT molecular complexity index is 726. The molecule has 0 unspecified atom stereocenters. The van der Waals surface area contributed by atoms with E-state index in [0.29, 0.717) is 12.2 Å². The van der Waals surface area contributed by atoms with Gasteiger partial charge in [0.15, 0.2) is 5.78 Å². The maximum Gasteiger partial charge on any atom is 0.335 e. The van der Waals surface area contributed by atoms with Crippen LogP contribution in [-0.4, -0.2) is 23.5 Å². The summed E-state index contributed by atoms with van der Waals surface area (Å²) < 4.78 is 5.69. The highest BCUT2D eigenvalue weighted by Gasteiger charge is 2.21. The van der Waals surface area contributed by atoms with E-state index >= 15 is 0 Å². The third-order valence-electron chi connectivity index (χ3n) is 3.65. The Morgan fingerprint density at radius 3 is 2.42 bits per heavy atom. The number of nitrogen functional groups attached to an aromatic ring is 1. The summed E-state index contributed by atoms with van der Waals surface area (Å²) in [7, 11) is 0. The Kier molecular flexibility index (Phi) is 5.95. The molecule has 2 rings (SSSR count). The van der Waals surface area contributed by atoms with Crippen LogP contribution in [0.2, 0.25) is 0 Å². The van der Waals surface area contributed by atoms with E-state index in [2.05, 4.69) is 6.92 Å². The zero-order chi connectivity index (χ0) is 17.5. The average Bonchev–Trinajstić information content (AvgIpc) is 2.58. The largest absolute Gasteiger partial charge is 0.493 e. The third-order valence-corrected chi connectivity index (χ3v) is 3.65. The smallest absolute Gasteiger partial charge is 0.335 e. The lowest BCUT2D eigenvalue weighted by Gasteiger charge is -2.14. The van der Waals surface area contributed by atoms with Gasteiger partial charge in [-0.2, -0.15) is 0 Å². The predicted octanol–water partition coefficient (Wildman–Crippen LogP) is 3.77. The molecule has 126 valence electrons. The summed E-state index contributed by atoms with van der Waals surface area (Å²) in [5.41, 5.74) is 6.76. The van der Waals surface area contributed by atoms with Gasteiger partial charge in [0.2, 0.25) is 0 Å². The molecule has 3 N–H and O–H groups in total. The summed E-state index contributed by atoms with van der Waals surface area (Å²) in [5, 5.41) is 9.19. The molecule has 0 fully saturated rings. The molecular weight excluding hydrogens is 306 g/mol. The van der Waals surface area contributed by atoms with Gasteiger partial charge in [0.25, 0.3) is 0 Å². The summed E-state index contributed by atoms with van der Waals surface area (Å²) in [4.78, 5) is 24.0. The number of aromatic carboxylic acids is 1. The number of ether oxygens (including phenoxy) is 1. The number of carbonyl (C=O) groups excluding carboxylic acids is 1. The normalized spacial score (nSPS) is 10.4. The van der Waals surface area contributed by atoms with Crippen molar-refractivity contribution >= 4 is 17.4 Å². The fourth-order valence-corrected chi connectivity index (χ4v) is 2.39. The number of rotatable bonds is 8. The number of hydrogen-bond acceptors (Lipinski definition) is 4. The summed E-state index contributed by atoms with van der Waals surface area (Å²) in [5.74, 6) is -1.17. The minimum Gasteiger partial charge on any atom is -0.493 e. The number of nitrogens with two attached hydrogens (primary N) is 1. The molecular formula is C19H21NO4. The molecule has 24 heavy (non-hydrogen) atoms. The van der Waals surface area contributed by atoms with Crippen molar-refractivity contribution in [2.75, 3.05) is 12.3 Å². The second kappa shape index (κ2) is 8.15. The zero-order valence-electron chi connectivity index (χ0n) is 13.6. The minimum absolute atomic E-state index is 0.00241. The molecule has 0 saturated heterocycles. The van der Waals surface area contributed by atoms with Gasteiger partial charge in [0.1, 0.15) is 5.75 Å². The molecule has 5 nitrogen and oxygen atoms in total. The monoisotopic (exact) mass is 327 g/mol. The molecule has 0 aliphatic heterocycles. The SMILES string of the molecule is CCCCCOc1cc(C(=O)O)cc(N)c1C(=O)c1ccccc1. The second-order valence-corrected chi connectivity index (χ2v) is 5.49. The minimum atomic E-state index is -1.11. The van der Waals surface area contributed by atoms with Crippen molar-refractivity contribution in [2.24, 2.45) is 0 Å². The maximum atomic E-state index is 12.8. The Hall–Kier alpha value is -2.82. The van der Waals surface area contributed by atoms with Crippen LogP contribution in [-0.2, 0) is 0 Å². The molecule has 0 aromatic heterocycles. The van der Waals surface area contributed by atoms with Crippen LogP contribution in [0, 0.1) is 0 Å². The fraction of sp³-hybridized carbons (Fsp3) is 0.263. The molecule has 0 spiro atoms. The Morgan fingerprint density at radius 2 is 1.79 bits per heavy atom. The van der Waals surface area contributed by atoms with E-state index in [9.17, 15) is 14.7 Å². The first-order chi connectivity index (χ1) is 11.5. The van der Waals surface area contributed by atoms with Crippen LogP contribution in [0.4, 0.5) is 5.69 Å². The number of hydrogen-bond donors (Lipinski definition) is 2. The standard InChI is InChI=1S/C19H21NO4/c1-2-3-7-10-24-16-12-14(19(22)23)11-15(20)17(16)18(21)13-8-5-4-6-9-13/h4-6,8-9,11-12H,2-3,7,10,20H2,1H3,(H,22,23).